The largest absolute Gasteiger partial charge is 0.399 e. The third kappa shape index (κ3) is 1.73. The summed E-state index contributed by atoms with van der Waals surface area (Å²) in [6.45, 7) is 1.42. The van der Waals surface area contributed by atoms with Gasteiger partial charge in [-0.1, -0.05) is 11.6 Å². The maximum absolute atomic E-state index is 11.0. The molecule has 0 saturated carbocycles. The van der Waals surface area contributed by atoms with Gasteiger partial charge in [-0.3, -0.25) is 9.89 Å². The Bertz CT molecular complexity index is 534. The lowest BCUT2D eigenvalue weighted by atomic mass is 10.2. The van der Waals surface area contributed by atoms with Gasteiger partial charge in [0.1, 0.15) is 10.7 Å². The molecule has 1 amide bonds. The van der Waals surface area contributed by atoms with Crippen LogP contribution in [0.2, 0.25) is 5.15 Å². The molecule has 5 nitrogen and oxygen atoms in total. The smallest absolute Gasteiger partial charge is 0.221 e. The fourth-order valence-electron chi connectivity index (χ4n) is 1.39. The average Bonchev–Trinajstić information content (AvgIpc) is 2.47. The number of hydrogen-bond donors (Lipinski definition) is 3. The van der Waals surface area contributed by atoms with E-state index in [4.69, 9.17) is 17.3 Å². The molecule has 0 saturated heterocycles. The molecule has 0 unspecified atom stereocenters. The molecule has 0 aliphatic heterocycles. The van der Waals surface area contributed by atoms with Gasteiger partial charge in [0.15, 0.2) is 0 Å². The van der Waals surface area contributed by atoms with Crippen LogP contribution in [0.4, 0.5) is 11.4 Å². The Labute approximate surface area is 90.6 Å². The number of rotatable bonds is 1. The van der Waals surface area contributed by atoms with Gasteiger partial charge in [-0.2, -0.15) is 5.10 Å². The summed E-state index contributed by atoms with van der Waals surface area (Å²) in [5.74, 6) is -0.180. The molecule has 0 spiro atoms. The number of fused-ring (bicyclic) bond motifs is 1. The van der Waals surface area contributed by atoms with Crippen LogP contribution in [-0.2, 0) is 4.79 Å². The van der Waals surface area contributed by atoms with Crippen molar-refractivity contribution in [3.63, 3.8) is 0 Å². The zero-order chi connectivity index (χ0) is 11.0. The van der Waals surface area contributed by atoms with Crippen molar-refractivity contribution in [1.29, 1.82) is 0 Å². The van der Waals surface area contributed by atoms with Gasteiger partial charge >= 0.3 is 0 Å². The highest BCUT2D eigenvalue weighted by molar-refractivity contribution is 6.34. The van der Waals surface area contributed by atoms with Gasteiger partial charge < -0.3 is 11.1 Å². The van der Waals surface area contributed by atoms with Crippen LogP contribution in [0, 0.1) is 0 Å². The highest BCUT2D eigenvalue weighted by atomic mass is 35.5. The Morgan fingerprint density at radius 1 is 1.60 bits per heavy atom. The summed E-state index contributed by atoms with van der Waals surface area (Å²) in [6, 6.07) is 3.34. The highest BCUT2D eigenvalue weighted by Crippen LogP contribution is 2.29. The number of carbonyl (C=O) groups is 1. The first-order chi connectivity index (χ1) is 7.08. The minimum absolute atomic E-state index is 0.180. The summed E-state index contributed by atoms with van der Waals surface area (Å²) in [5, 5.41) is 10.4. The van der Waals surface area contributed by atoms with E-state index in [1.54, 1.807) is 12.1 Å². The number of hydrogen-bond acceptors (Lipinski definition) is 3. The highest BCUT2D eigenvalue weighted by Gasteiger charge is 2.10. The van der Waals surface area contributed by atoms with Crippen LogP contribution in [0.1, 0.15) is 6.92 Å². The Balaban J connectivity index is 2.66. The number of nitrogens with two attached hydrogens (primary N) is 1. The number of halogens is 1. The molecular weight excluding hydrogens is 216 g/mol. The summed E-state index contributed by atoms with van der Waals surface area (Å²) in [7, 11) is 0. The van der Waals surface area contributed by atoms with Gasteiger partial charge in [-0.25, -0.2) is 0 Å². The number of H-pyrrole nitrogens is 1. The molecule has 4 N–H and O–H groups in total. The minimum Gasteiger partial charge on any atom is -0.399 e. The van der Waals surface area contributed by atoms with E-state index in [1.807, 2.05) is 0 Å². The van der Waals surface area contributed by atoms with E-state index in [1.165, 1.54) is 6.92 Å². The first-order valence-corrected chi connectivity index (χ1v) is 4.66. The van der Waals surface area contributed by atoms with Crippen LogP contribution in [0.25, 0.3) is 10.9 Å². The molecule has 0 aliphatic carbocycles. The molecule has 2 aromatic rings. The lowest BCUT2D eigenvalue weighted by molar-refractivity contribution is -0.114. The van der Waals surface area contributed by atoms with Crippen LogP contribution in [0.5, 0.6) is 0 Å². The van der Waals surface area contributed by atoms with Crippen molar-refractivity contribution in [2.45, 2.75) is 6.92 Å². The van der Waals surface area contributed by atoms with E-state index < -0.39 is 0 Å². The van der Waals surface area contributed by atoms with Gasteiger partial charge in [0, 0.05) is 18.0 Å². The number of carbonyl (C=O) groups excluding carboxylic acids is 1. The third-order valence-corrected chi connectivity index (χ3v) is 2.23. The molecule has 1 aromatic carbocycles. The van der Waals surface area contributed by atoms with Crippen molar-refractivity contribution in [1.82, 2.24) is 10.2 Å². The maximum Gasteiger partial charge on any atom is 0.221 e. The predicted molar refractivity (Wildman–Crippen MR) is 59.8 cm³/mol. The molecule has 78 valence electrons. The Morgan fingerprint density at radius 3 is 3.00 bits per heavy atom. The normalized spacial score (nSPS) is 10.5. The number of amides is 1. The number of aromatic amines is 1. The van der Waals surface area contributed by atoms with Gasteiger partial charge in [-0.15, -0.1) is 0 Å². The van der Waals surface area contributed by atoms with E-state index in [0.717, 1.165) is 0 Å². The summed E-state index contributed by atoms with van der Waals surface area (Å²) in [4.78, 5) is 11.0. The molecule has 0 bridgehead atoms. The van der Waals surface area contributed by atoms with E-state index >= 15 is 0 Å². The van der Waals surface area contributed by atoms with Crippen LogP contribution in [0.3, 0.4) is 0 Å². The molecule has 0 aliphatic rings. The summed E-state index contributed by atoms with van der Waals surface area (Å²) in [5.41, 5.74) is 7.36. The maximum atomic E-state index is 11.0. The molecule has 0 atom stereocenters. The van der Waals surface area contributed by atoms with Crippen molar-refractivity contribution in [2.24, 2.45) is 0 Å². The van der Waals surface area contributed by atoms with E-state index in [-0.39, 0.29) is 5.91 Å². The van der Waals surface area contributed by atoms with E-state index in [2.05, 4.69) is 15.5 Å². The zero-order valence-electron chi connectivity index (χ0n) is 7.97. The molecule has 6 heteroatoms. The Hall–Kier alpha value is -1.75. The van der Waals surface area contributed by atoms with E-state index in [0.29, 0.717) is 27.4 Å². The lowest BCUT2D eigenvalue weighted by Gasteiger charge is -2.03. The summed E-state index contributed by atoms with van der Waals surface area (Å²) < 4.78 is 0. The predicted octanol–water partition coefficient (Wildman–Crippen LogP) is 1.76. The molecule has 0 fully saturated rings. The quantitative estimate of drug-likeness (QED) is 0.646. The second-order valence-corrected chi connectivity index (χ2v) is 3.56. The monoisotopic (exact) mass is 224 g/mol. The van der Waals surface area contributed by atoms with Gasteiger partial charge in [0.25, 0.3) is 0 Å². The van der Waals surface area contributed by atoms with Gasteiger partial charge in [0.05, 0.1) is 5.69 Å². The number of anilines is 2. The number of nitrogens with one attached hydrogen (secondary N) is 2. The fraction of sp³-hybridized carbons (Fsp3) is 0.111. The third-order valence-electron chi connectivity index (χ3n) is 1.95. The standard InChI is InChI=1S/C9H9ClN4O/c1-4(15)12-7-3-5(11)2-6-8(7)13-14-9(6)10/h2-3H,11H2,1H3,(H,12,15)(H,13,14). The zero-order valence-corrected chi connectivity index (χ0v) is 8.72. The minimum atomic E-state index is -0.180. The summed E-state index contributed by atoms with van der Waals surface area (Å²) >= 11 is 5.87. The van der Waals surface area contributed by atoms with E-state index in [9.17, 15) is 4.79 Å². The van der Waals surface area contributed by atoms with Crippen LogP contribution >= 0.6 is 11.6 Å². The topological polar surface area (TPSA) is 83.8 Å². The summed E-state index contributed by atoms with van der Waals surface area (Å²) in [6.07, 6.45) is 0. The van der Waals surface area contributed by atoms with Gasteiger partial charge in [0.2, 0.25) is 5.91 Å². The molecule has 15 heavy (non-hydrogen) atoms. The fourth-order valence-corrected chi connectivity index (χ4v) is 1.58. The van der Waals surface area contributed by atoms with Crippen molar-refractivity contribution in [3.05, 3.63) is 17.3 Å². The second-order valence-electron chi connectivity index (χ2n) is 3.18. The second kappa shape index (κ2) is 3.43. The SMILES string of the molecule is CC(=O)Nc1cc(N)cc2c(Cl)[nH]nc12. The van der Waals surface area contributed by atoms with Crippen LogP contribution in [-0.4, -0.2) is 16.1 Å². The Morgan fingerprint density at radius 2 is 2.33 bits per heavy atom. The average molecular weight is 225 g/mol. The van der Waals surface area contributed by atoms with Crippen LogP contribution < -0.4 is 11.1 Å². The van der Waals surface area contributed by atoms with Crippen LogP contribution in [0.15, 0.2) is 12.1 Å². The molecule has 1 heterocycles. The van der Waals surface area contributed by atoms with Crippen molar-refractivity contribution >= 4 is 39.8 Å². The molecular formula is C9H9ClN4O. The number of nitrogens with zero attached hydrogens (tertiary/aromatic N) is 1. The van der Waals surface area contributed by atoms with Gasteiger partial charge in [-0.05, 0) is 12.1 Å². The van der Waals surface area contributed by atoms with Crippen molar-refractivity contribution in [2.75, 3.05) is 11.1 Å². The molecule has 0 radical (unpaired) electrons. The lowest BCUT2D eigenvalue weighted by Crippen LogP contribution is -2.06. The number of nitrogen functional groups attached to an aromatic ring is 1. The first-order valence-electron chi connectivity index (χ1n) is 4.28. The van der Waals surface area contributed by atoms with Crippen molar-refractivity contribution in [3.8, 4) is 0 Å². The first kappa shape index (κ1) is 9.79. The molecule has 1 aromatic heterocycles. The Kier molecular flexibility index (Phi) is 2.24. The van der Waals surface area contributed by atoms with Crippen molar-refractivity contribution < 1.29 is 4.79 Å². The number of aromatic nitrogens is 2. The number of benzene rings is 1. The molecule has 2 rings (SSSR count).